The molecule has 3 aromatic rings. The van der Waals surface area contributed by atoms with Crippen LogP contribution in [0.1, 0.15) is 26.3 Å². The van der Waals surface area contributed by atoms with Crippen LogP contribution in [0.5, 0.6) is 5.75 Å². The number of para-hydroxylation sites is 3. The molecule has 0 bridgehead atoms. The van der Waals surface area contributed by atoms with Gasteiger partial charge in [0.25, 0.3) is 0 Å². The molecule has 1 aliphatic rings. The third-order valence-corrected chi connectivity index (χ3v) is 7.41. The van der Waals surface area contributed by atoms with Gasteiger partial charge >= 0.3 is 0 Å². The Kier molecular flexibility index (Phi) is 6.53. The van der Waals surface area contributed by atoms with Gasteiger partial charge in [-0.25, -0.2) is 0 Å². The molecule has 1 aliphatic heterocycles. The summed E-state index contributed by atoms with van der Waals surface area (Å²) in [5.41, 5.74) is 4.03. The largest absolute Gasteiger partial charge is 0.492 e. The van der Waals surface area contributed by atoms with Gasteiger partial charge < -0.3 is 15.0 Å². The van der Waals surface area contributed by atoms with Gasteiger partial charge in [0.05, 0.1) is 18.0 Å². The molecule has 0 unspecified atom stereocenters. The zero-order valence-electron chi connectivity index (χ0n) is 18.6. The van der Waals surface area contributed by atoms with Crippen LogP contribution in [0, 0.1) is 0 Å². The molecule has 1 aromatic heterocycles. The van der Waals surface area contributed by atoms with Crippen molar-refractivity contribution in [3.05, 3.63) is 65.9 Å². The summed E-state index contributed by atoms with van der Waals surface area (Å²) in [5.74, 6) is 1.14. The van der Waals surface area contributed by atoms with Crippen molar-refractivity contribution in [3.8, 4) is 5.75 Å². The summed E-state index contributed by atoms with van der Waals surface area (Å²) in [6.07, 6.45) is 1.77. The van der Waals surface area contributed by atoms with E-state index in [2.05, 4.69) is 46.4 Å². The van der Waals surface area contributed by atoms with Gasteiger partial charge in [-0.3, -0.25) is 4.79 Å². The second-order valence-electron chi connectivity index (χ2n) is 7.91. The van der Waals surface area contributed by atoms with Gasteiger partial charge in [-0.05, 0) is 30.7 Å². The van der Waals surface area contributed by atoms with Crippen molar-refractivity contribution >= 4 is 45.4 Å². The summed E-state index contributed by atoms with van der Waals surface area (Å²) in [4.78, 5) is 14.9. The van der Waals surface area contributed by atoms with Crippen molar-refractivity contribution in [3.63, 3.8) is 0 Å². The topological polar surface area (TPSA) is 67.3 Å². The van der Waals surface area contributed by atoms with E-state index in [4.69, 9.17) is 4.74 Å². The molecule has 1 N–H and O–H groups in total. The minimum Gasteiger partial charge on any atom is -0.492 e. The Morgan fingerprint density at radius 2 is 1.94 bits per heavy atom. The predicted molar refractivity (Wildman–Crippen MR) is 132 cm³/mol. The molecule has 8 heteroatoms. The summed E-state index contributed by atoms with van der Waals surface area (Å²) < 4.78 is 6.39. The first kappa shape index (κ1) is 22.4. The van der Waals surface area contributed by atoms with Gasteiger partial charge in [0, 0.05) is 29.9 Å². The fraction of sp³-hybridized carbons (Fsp3) is 0.292. The Bertz CT molecular complexity index is 1160. The maximum absolute atomic E-state index is 12.8. The SMILES string of the molecule is CCOc1ccccc1Nc1nnc(SCC(=O)C=C2N(C)c3ccccc3C2(C)C)s1. The van der Waals surface area contributed by atoms with E-state index in [-0.39, 0.29) is 11.2 Å². The van der Waals surface area contributed by atoms with Crippen LogP contribution in [0.2, 0.25) is 0 Å². The number of hydrogen-bond acceptors (Lipinski definition) is 8. The molecule has 0 atom stereocenters. The lowest BCUT2D eigenvalue weighted by atomic mass is 9.83. The number of likely N-dealkylation sites (N-methyl/N-ethyl adjacent to an activating group) is 1. The van der Waals surface area contributed by atoms with Crippen molar-refractivity contribution in [2.45, 2.75) is 30.5 Å². The zero-order valence-corrected chi connectivity index (χ0v) is 20.2. The number of aromatic nitrogens is 2. The minimum atomic E-state index is -0.209. The van der Waals surface area contributed by atoms with Crippen LogP contribution in [0.4, 0.5) is 16.5 Å². The van der Waals surface area contributed by atoms with Gasteiger partial charge in [0.2, 0.25) is 5.13 Å². The Morgan fingerprint density at radius 1 is 1.19 bits per heavy atom. The predicted octanol–water partition coefficient (Wildman–Crippen LogP) is 5.65. The van der Waals surface area contributed by atoms with Crippen LogP contribution in [0.25, 0.3) is 0 Å². The highest BCUT2D eigenvalue weighted by Gasteiger charge is 2.38. The van der Waals surface area contributed by atoms with Crippen molar-refractivity contribution < 1.29 is 9.53 Å². The van der Waals surface area contributed by atoms with Crippen molar-refractivity contribution in [1.29, 1.82) is 0 Å². The van der Waals surface area contributed by atoms with E-state index in [0.717, 1.165) is 27.2 Å². The van der Waals surface area contributed by atoms with E-state index in [1.54, 1.807) is 6.08 Å². The minimum absolute atomic E-state index is 0.0594. The second-order valence-corrected chi connectivity index (χ2v) is 10.1. The number of allylic oxidation sites excluding steroid dienone is 2. The standard InChI is InChI=1S/C24H26N4O2S2/c1-5-30-20-13-9-7-11-18(20)25-22-26-27-23(32-22)31-15-16(29)14-21-24(2,3)17-10-6-8-12-19(17)28(21)4/h6-14H,5,15H2,1-4H3,(H,25,26). The highest BCUT2D eigenvalue weighted by Crippen LogP contribution is 2.46. The van der Waals surface area contributed by atoms with Gasteiger partial charge in [0.1, 0.15) is 5.75 Å². The second kappa shape index (κ2) is 9.34. The number of nitrogens with one attached hydrogen (secondary N) is 1. The summed E-state index contributed by atoms with van der Waals surface area (Å²) in [5, 5.41) is 12.3. The maximum Gasteiger partial charge on any atom is 0.210 e. The smallest absolute Gasteiger partial charge is 0.210 e. The van der Waals surface area contributed by atoms with Crippen molar-refractivity contribution in [2.24, 2.45) is 0 Å². The first-order valence-electron chi connectivity index (χ1n) is 10.4. The molecule has 0 aliphatic carbocycles. The molecular weight excluding hydrogens is 440 g/mol. The number of ketones is 1. The molecule has 0 fully saturated rings. The fourth-order valence-electron chi connectivity index (χ4n) is 3.87. The molecule has 2 heterocycles. The molecular formula is C24H26N4O2S2. The number of fused-ring (bicyclic) bond motifs is 1. The van der Waals surface area contributed by atoms with Crippen LogP contribution >= 0.6 is 23.1 Å². The van der Waals surface area contributed by atoms with E-state index in [9.17, 15) is 4.79 Å². The number of benzene rings is 2. The molecule has 32 heavy (non-hydrogen) atoms. The van der Waals surface area contributed by atoms with E-state index in [1.165, 1.54) is 28.7 Å². The highest BCUT2D eigenvalue weighted by atomic mass is 32.2. The fourth-order valence-corrected chi connectivity index (χ4v) is 5.46. The first-order valence-corrected chi connectivity index (χ1v) is 12.2. The quantitative estimate of drug-likeness (QED) is 0.340. The zero-order chi connectivity index (χ0) is 22.7. The Morgan fingerprint density at radius 3 is 2.72 bits per heavy atom. The van der Waals surface area contributed by atoms with Gasteiger partial charge in [0.15, 0.2) is 10.1 Å². The maximum atomic E-state index is 12.8. The summed E-state index contributed by atoms with van der Waals surface area (Å²) in [6, 6.07) is 16.0. The third-order valence-electron chi connectivity index (χ3n) is 5.41. The number of ether oxygens (including phenoxy) is 1. The van der Waals surface area contributed by atoms with Gasteiger partial charge in [-0.1, -0.05) is 67.3 Å². The summed E-state index contributed by atoms with van der Waals surface area (Å²) in [6.45, 7) is 6.85. The first-order chi connectivity index (χ1) is 15.4. The van der Waals surface area contributed by atoms with Crippen molar-refractivity contribution in [1.82, 2.24) is 10.2 Å². The molecule has 6 nitrogen and oxygen atoms in total. The number of thioether (sulfide) groups is 1. The lowest BCUT2D eigenvalue weighted by Gasteiger charge is -2.23. The number of hydrogen-bond donors (Lipinski definition) is 1. The molecule has 0 radical (unpaired) electrons. The number of nitrogens with zero attached hydrogens (tertiary/aromatic N) is 3. The summed E-state index contributed by atoms with van der Waals surface area (Å²) in [7, 11) is 2.02. The normalized spacial score (nSPS) is 15.6. The van der Waals surface area contributed by atoms with Crippen molar-refractivity contribution in [2.75, 3.05) is 29.6 Å². The lowest BCUT2D eigenvalue weighted by Crippen LogP contribution is -2.24. The van der Waals surface area contributed by atoms with E-state index >= 15 is 0 Å². The van der Waals surface area contributed by atoms with Crippen LogP contribution in [0.15, 0.2) is 64.6 Å². The highest BCUT2D eigenvalue weighted by molar-refractivity contribution is 8.01. The van der Waals surface area contributed by atoms with Crippen LogP contribution in [-0.4, -0.2) is 35.4 Å². The number of carbonyl (C=O) groups excluding carboxylic acids is 1. The number of carbonyl (C=O) groups is 1. The molecule has 0 saturated carbocycles. The summed E-state index contributed by atoms with van der Waals surface area (Å²) >= 11 is 2.82. The average molecular weight is 467 g/mol. The van der Waals surface area contributed by atoms with Crippen LogP contribution in [-0.2, 0) is 10.2 Å². The molecule has 0 spiro atoms. The van der Waals surface area contributed by atoms with E-state index < -0.39 is 0 Å². The van der Waals surface area contributed by atoms with Gasteiger partial charge in [-0.2, -0.15) is 0 Å². The Hall–Kier alpha value is -2.84. The molecule has 0 amide bonds. The molecule has 4 rings (SSSR count). The van der Waals surface area contributed by atoms with Crippen LogP contribution < -0.4 is 15.0 Å². The molecule has 2 aromatic carbocycles. The molecule has 166 valence electrons. The molecule has 0 saturated heterocycles. The monoisotopic (exact) mass is 466 g/mol. The van der Waals surface area contributed by atoms with Crippen LogP contribution in [0.3, 0.4) is 0 Å². The van der Waals surface area contributed by atoms with Gasteiger partial charge in [-0.15, -0.1) is 10.2 Å². The Balaban J connectivity index is 1.40. The number of anilines is 3. The Labute approximate surface area is 196 Å². The number of rotatable bonds is 8. The third kappa shape index (κ3) is 4.52. The van der Waals surface area contributed by atoms with E-state index in [0.29, 0.717) is 17.5 Å². The average Bonchev–Trinajstić information content (AvgIpc) is 3.31. The lowest BCUT2D eigenvalue weighted by molar-refractivity contribution is -0.112. The van der Waals surface area contributed by atoms with E-state index in [1.807, 2.05) is 50.4 Å².